The summed E-state index contributed by atoms with van der Waals surface area (Å²) < 4.78 is 5.42. The minimum absolute atomic E-state index is 1.18. The van der Waals surface area contributed by atoms with E-state index in [1.165, 1.54) is 63.0 Å². The van der Waals surface area contributed by atoms with E-state index in [-0.39, 0.29) is 0 Å². The van der Waals surface area contributed by atoms with Crippen LogP contribution in [0.1, 0.15) is 25.0 Å². The molecule has 0 bridgehead atoms. The Kier molecular flexibility index (Phi) is 3.27. The fourth-order valence-electron chi connectivity index (χ4n) is 4.36. The van der Waals surface area contributed by atoms with Crippen molar-refractivity contribution in [3.63, 3.8) is 0 Å². The van der Waals surface area contributed by atoms with Crippen LogP contribution >= 0.6 is 22.7 Å². The second-order valence-corrected chi connectivity index (χ2v) is 8.90. The number of thiophene rings is 2. The summed E-state index contributed by atoms with van der Waals surface area (Å²) >= 11 is 3.79. The summed E-state index contributed by atoms with van der Waals surface area (Å²) in [5.74, 6) is 13.0. The molecule has 2 aromatic carbocycles. The molecule has 2 heterocycles. The zero-order valence-electron chi connectivity index (χ0n) is 15.4. The summed E-state index contributed by atoms with van der Waals surface area (Å²) in [5, 5.41) is 0. The first kappa shape index (κ1) is 16.0. The Morgan fingerprint density at radius 2 is 0.964 bits per heavy atom. The molecule has 2 aromatic heterocycles. The highest BCUT2D eigenvalue weighted by Crippen LogP contribution is 2.46. The molecule has 28 heavy (non-hydrogen) atoms. The molecule has 0 unspecified atom stereocenters. The minimum Gasteiger partial charge on any atom is -0.132 e. The average Bonchev–Trinajstić information content (AvgIpc) is 3.41. The van der Waals surface area contributed by atoms with E-state index in [1.54, 1.807) is 0 Å². The average molecular weight is 391 g/mol. The molecule has 0 nitrogen and oxygen atoms in total. The van der Waals surface area contributed by atoms with Crippen molar-refractivity contribution in [2.75, 3.05) is 0 Å². The zero-order valence-corrected chi connectivity index (χ0v) is 17.1. The summed E-state index contributed by atoms with van der Waals surface area (Å²) in [4.78, 5) is 0. The monoisotopic (exact) mass is 390 g/mol. The number of rotatable bonds is 0. The lowest BCUT2D eigenvalue weighted by molar-refractivity contribution is 1.66. The standard InChI is InChI=1S/C26H14S2/c1-3-9-19-15-11-5-7-13-17(15)21-23(19)27-26-22-18-14-8-6-12-16(18)20(10-4-2)24(22)28-25(21)26/h5-8,11-14H,1-2H3. The van der Waals surface area contributed by atoms with Gasteiger partial charge in [-0.1, -0.05) is 60.4 Å². The lowest BCUT2D eigenvalue weighted by atomic mass is 10.0. The van der Waals surface area contributed by atoms with E-state index >= 15 is 0 Å². The summed E-state index contributed by atoms with van der Waals surface area (Å²) in [6.45, 7) is 3.84. The van der Waals surface area contributed by atoms with E-state index in [1.807, 2.05) is 36.5 Å². The van der Waals surface area contributed by atoms with E-state index < -0.39 is 0 Å². The lowest BCUT2D eigenvalue weighted by Crippen LogP contribution is -1.97. The summed E-state index contributed by atoms with van der Waals surface area (Å²) in [5.41, 5.74) is 10.3. The third-order valence-electron chi connectivity index (χ3n) is 5.41. The molecule has 0 amide bonds. The van der Waals surface area contributed by atoms with Gasteiger partial charge in [0.2, 0.25) is 0 Å². The van der Waals surface area contributed by atoms with E-state index in [0.717, 1.165) is 0 Å². The number of fused-ring (bicyclic) bond motifs is 9. The van der Waals surface area contributed by atoms with E-state index in [4.69, 9.17) is 0 Å². The van der Waals surface area contributed by atoms with Crippen molar-refractivity contribution in [2.24, 2.45) is 0 Å². The van der Waals surface area contributed by atoms with Gasteiger partial charge in [0.25, 0.3) is 0 Å². The zero-order chi connectivity index (χ0) is 18.8. The van der Waals surface area contributed by atoms with Crippen LogP contribution < -0.4 is 9.06 Å². The van der Waals surface area contributed by atoms with Gasteiger partial charge < -0.3 is 0 Å². The van der Waals surface area contributed by atoms with Gasteiger partial charge >= 0.3 is 0 Å². The molecular weight excluding hydrogens is 376 g/mol. The van der Waals surface area contributed by atoms with Crippen LogP contribution in [0.5, 0.6) is 0 Å². The highest BCUT2D eigenvalue weighted by Gasteiger charge is 2.29. The first-order valence-corrected chi connectivity index (χ1v) is 10.9. The van der Waals surface area contributed by atoms with E-state index in [9.17, 15) is 0 Å². The number of benzene rings is 2. The third kappa shape index (κ3) is 1.87. The van der Waals surface area contributed by atoms with Gasteiger partial charge in [-0.05, 0) is 36.1 Å². The molecule has 0 saturated carbocycles. The number of hydrogen-bond acceptors (Lipinski definition) is 2. The molecule has 0 aliphatic heterocycles. The van der Waals surface area contributed by atoms with Crippen LogP contribution in [0.15, 0.2) is 48.5 Å². The van der Waals surface area contributed by atoms with Gasteiger partial charge in [-0.25, -0.2) is 0 Å². The van der Waals surface area contributed by atoms with Crippen LogP contribution in [0.2, 0.25) is 0 Å². The topological polar surface area (TPSA) is 0 Å². The summed E-state index contributed by atoms with van der Waals surface area (Å²) in [6.07, 6.45) is 0. The van der Waals surface area contributed by atoms with Crippen LogP contribution in [-0.2, 0) is 0 Å². The van der Waals surface area contributed by atoms with Gasteiger partial charge in [0.1, 0.15) is 0 Å². The van der Waals surface area contributed by atoms with Crippen molar-refractivity contribution in [1.29, 1.82) is 0 Å². The van der Waals surface area contributed by atoms with Crippen LogP contribution in [0.4, 0.5) is 0 Å². The van der Waals surface area contributed by atoms with Crippen LogP contribution in [0.25, 0.3) is 42.8 Å². The van der Waals surface area contributed by atoms with Gasteiger partial charge in [-0.15, -0.1) is 34.5 Å². The highest BCUT2D eigenvalue weighted by atomic mass is 32.1. The summed E-state index contributed by atoms with van der Waals surface area (Å²) in [7, 11) is 0. The SMILES string of the molecule is CC#CC1=c2sc3c4c(sc3c2-c2ccccc21)=C(C#CC)c1ccccc1-4. The van der Waals surface area contributed by atoms with E-state index in [2.05, 4.69) is 72.2 Å². The van der Waals surface area contributed by atoms with Gasteiger partial charge in [-0.2, -0.15) is 0 Å². The van der Waals surface area contributed by atoms with Crippen molar-refractivity contribution < 1.29 is 0 Å². The van der Waals surface area contributed by atoms with Crippen LogP contribution in [0.3, 0.4) is 0 Å². The Balaban J connectivity index is 1.82. The molecule has 2 aliphatic rings. The third-order valence-corrected chi connectivity index (χ3v) is 7.99. The molecule has 0 N–H and O–H groups in total. The predicted octanol–water partition coefficient (Wildman–Crippen LogP) is 5.37. The Hall–Kier alpha value is -3.04. The second kappa shape index (κ2) is 5.73. The first-order chi connectivity index (χ1) is 13.8. The molecule has 4 aromatic rings. The van der Waals surface area contributed by atoms with Gasteiger partial charge in [0, 0.05) is 11.1 Å². The first-order valence-electron chi connectivity index (χ1n) is 9.22. The smallest absolute Gasteiger partial charge is 0.0549 e. The fraction of sp³-hybridized carbons (Fsp3) is 0.0769. The van der Waals surface area contributed by atoms with E-state index in [0.29, 0.717) is 0 Å². The van der Waals surface area contributed by atoms with Crippen LogP contribution in [-0.4, -0.2) is 0 Å². The molecule has 130 valence electrons. The Labute approximate surface area is 171 Å². The molecule has 0 saturated heterocycles. The molecular formula is C26H14S2. The molecule has 0 spiro atoms. The van der Waals surface area contributed by atoms with Crippen molar-refractivity contribution in [3.05, 3.63) is 68.7 Å². The van der Waals surface area contributed by atoms with Crippen molar-refractivity contribution in [1.82, 2.24) is 0 Å². The molecule has 0 atom stereocenters. The van der Waals surface area contributed by atoms with Crippen molar-refractivity contribution >= 4 is 43.2 Å². The normalized spacial score (nSPS) is 12.6. The van der Waals surface area contributed by atoms with Gasteiger partial charge in [0.15, 0.2) is 0 Å². The van der Waals surface area contributed by atoms with Gasteiger partial charge in [0.05, 0.1) is 29.6 Å². The van der Waals surface area contributed by atoms with Crippen molar-refractivity contribution in [2.45, 2.75) is 13.8 Å². The summed E-state index contributed by atoms with van der Waals surface area (Å²) in [6, 6.07) is 17.3. The Morgan fingerprint density at radius 3 is 1.36 bits per heavy atom. The molecule has 2 aliphatic carbocycles. The minimum atomic E-state index is 1.18. The largest absolute Gasteiger partial charge is 0.132 e. The highest BCUT2D eigenvalue weighted by molar-refractivity contribution is 7.28. The fourth-order valence-corrected chi connectivity index (χ4v) is 7.32. The molecule has 0 radical (unpaired) electrons. The van der Waals surface area contributed by atoms with Crippen molar-refractivity contribution in [3.8, 4) is 45.9 Å². The molecule has 2 heteroatoms. The lowest BCUT2D eigenvalue weighted by Gasteiger charge is -2.02. The van der Waals surface area contributed by atoms with Crippen LogP contribution in [0, 0.1) is 23.7 Å². The Morgan fingerprint density at radius 1 is 0.571 bits per heavy atom. The maximum atomic E-state index is 3.38. The maximum Gasteiger partial charge on any atom is 0.0549 e. The Bertz CT molecular complexity index is 1460. The quantitative estimate of drug-likeness (QED) is 0.354. The molecule has 6 rings (SSSR count). The second-order valence-electron chi connectivity index (χ2n) is 6.86. The predicted molar refractivity (Wildman–Crippen MR) is 122 cm³/mol. The van der Waals surface area contributed by atoms with Gasteiger partial charge in [-0.3, -0.25) is 0 Å². The molecule has 0 fully saturated rings. The maximum absolute atomic E-state index is 3.38. The number of hydrogen-bond donors (Lipinski definition) is 0.